The molecular weight excluding hydrogens is 1020 g/mol. The Morgan fingerprint density at radius 2 is 0.780 bits per heavy atom. The molecule has 2 amide bonds. The topological polar surface area (TPSA) is 214 Å². The van der Waals surface area contributed by atoms with E-state index in [0.29, 0.717) is 28.6 Å². The van der Waals surface area contributed by atoms with Gasteiger partial charge in [-0.1, -0.05) is 66.7 Å². The molecule has 1 aliphatic heterocycles. The van der Waals surface area contributed by atoms with Crippen LogP contribution in [0.1, 0.15) is 125 Å². The molecule has 412 valence electrons. The van der Waals surface area contributed by atoms with Crippen LogP contribution in [0.4, 0.5) is 0 Å². The van der Waals surface area contributed by atoms with Crippen LogP contribution < -0.4 is 5.73 Å². The summed E-state index contributed by atoms with van der Waals surface area (Å²) in [5.41, 5.74) is 32.0. The molecule has 3 atom stereocenters. The van der Waals surface area contributed by atoms with Crippen molar-refractivity contribution >= 4 is 11.8 Å². The first-order chi connectivity index (χ1) is 39.5. The van der Waals surface area contributed by atoms with E-state index < -0.39 is 0 Å². The number of carbonyl (C=O) groups excluding carboxylic acids is 2. The van der Waals surface area contributed by atoms with Gasteiger partial charge < -0.3 is 10.8 Å². The van der Waals surface area contributed by atoms with Crippen LogP contribution in [-0.4, -0.2) is 82.4 Å². The Balaban J connectivity index is 0.000000125. The second-order valence-corrected chi connectivity index (χ2v) is 22.2. The highest BCUT2D eigenvalue weighted by atomic mass is 16.3. The van der Waals surface area contributed by atoms with Crippen LogP contribution in [0.3, 0.4) is 0 Å². The molecule has 0 radical (unpaired) electrons. The number of amides is 2. The van der Waals surface area contributed by atoms with Gasteiger partial charge in [0.05, 0.1) is 44.4 Å². The normalized spacial score (nSPS) is 16.6. The number of aryl methyl sites for hydroxylation is 9. The number of fused-ring (bicyclic) bond motifs is 4. The van der Waals surface area contributed by atoms with Crippen LogP contribution in [0.2, 0.25) is 0 Å². The minimum atomic E-state index is -0.330. The molecule has 7 aromatic carbocycles. The van der Waals surface area contributed by atoms with E-state index >= 15 is 0 Å². The van der Waals surface area contributed by atoms with Crippen molar-refractivity contribution < 1.29 is 14.7 Å². The molecule has 4 aliphatic rings. The fourth-order valence-corrected chi connectivity index (χ4v) is 13.2. The van der Waals surface area contributed by atoms with Gasteiger partial charge in [-0.25, -0.2) is 0 Å². The third kappa shape index (κ3) is 9.58. The summed E-state index contributed by atoms with van der Waals surface area (Å²) in [4.78, 5) is 32.1. The minimum absolute atomic E-state index is 0.170. The largest absolute Gasteiger partial charge is 0.388 e. The number of carbonyl (C=O) groups is 2. The third-order valence-electron chi connectivity index (χ3n) is 16.6. The Hall–Kier alpha value is -9.19. The highest BCUT2D eigenvalue weighted by molar-refractivity contribution is 6.21. The van der Waals surface area contributed by atoms with Crippen molar-refractivity contribution in [2.45, 2.75) is 98.3 Å². The molecule has 3 N–H and O–H groups in total. The lowest BCUT2D eigenvalue weighted by molar-refractivity contribution is 0.0582. The van der Waals surface area contributed by atoms with Crippen molar-refractivity contribution in [1.29, 1.82) is 0 Å². The predicted octanol–water partition coefficient (Wildman–Crippen LogP) is 10.7. The highest BCUT2D eigenvalue weighted by Crippen LogP contribution is 2.46. The zero-order chi connectivity index (χ0) is 57.2. The minimum Gasteiger partial charge on any atom is -0.388 e. The number of aliphatic hydroxyl groups is 1. The molecule has 0 unspecified atom stereocenters. The Bertz CT molecular complexity index is 3930. The van der Waals surface area contributed by atoms with Gasteiger partial charge in [-0.3, -0.25) is 14.5 Å². The molecule has 3 aromatic heterocycles. The van der Waals surface area contributed by atoms with Crippen molar-refractivity contribution in [1.82, 2.24) is 65.5 Å². The van der Waals surface area contributed by atoms with E-state index in [1.807, 2.05) is 18.2 Å². The average Bonchev–Trinajstić information content (AvgIpc) is 3.81. The Morgan fingerprint density at radius 1 is 0.439 bits per heavy atom. The third-order valence-corrected chi connectivity index (χ3v) is 16.6. The molecule has 10 aromatic rings. The van der Waals surface area contributed by atoms with Gasteiger partial charge in [0.15, 0.2) is 0 Å². The van der Waals surface area contributed by atoms with E-state index in [1.165, 1.54) is 91.6 Å². The Morgan fingerprint density at radius 3 is 1.18 bits per heavy atom. The number of aromatic nitrogens is 12. The van der Waals surface area contributed by atoms with Gasteiger partial charge >= 0.3 is 0 Å². The van der Waals surface area contributed by atoms with Gasteiger partial charge in [-0.15, -0.1) is 30.6 Å². The molecule has 4 heterocycles. The van der Waals surface area contributed by atoms with E-state index in [4.69, 9.17) is 5.73 Å². The zero-order valence-corrected chi connectivity index (χ0v) is 47.6. The van der Waals surface area contributed by atoms with Crippen LogP contribution in [-0.2, 0) is 40.4 Å². The van der Waals surface area contributed by atoms with E-state index in [-0.39, 0.29) is 30.0 Å². The molecular formula is C65H64N14O3. The zero-order valence-electron chi connectivity index (χ0n) is 47.6. The fraction of sp³-hybridized carbons (Fsp3) is 0.277. The van der Waals surface area contributed by atoms with Crippen molar-refractivity contribution in [3.63, 3.8) is 0 Å². The smallest absolute Gasteiger partial charge is 0.262 e. The van der Waals surface area contributed by atoms with Crippen LogP contribution >= 0.6 is 0 Å². The monoisotopic (exact) mass is 1090 g/mol. The number of aliphatic hydroxyl groups excluding tert-OH is 1. The standard InChI is InChI=1S/C27H23N5O2.C19H21N5.C19H20N4O/c1-15-13-17(25-28-30-31(3)29-25)14-16(2)24(15)20-10-6-9-19-18(20)11-12-23(19)32-26(33)21-7-4-5-8-22(21)27(32)34;1-11-9-13(19-21-23-24(3)22-19)10-12(2)18(11)16-6-4-5-15-14(16)7-8-17(15)20;1-11-9-13(19-20-22-23(3)21-19)10-12(2)18(11)16-6-4-5-15-14(16)7-8-17(15)24/h4-10,13-14,23H,11-12H2,1-3H3;4-6,9-10,17H,7-8,20H2,1-3H3;4-6,9-10,17,24H,7-8H2,1-3H3/t23-;2*17-/m110/s1. The maximum atomic E-state index is 13.1. The summed E-state index contributed by atoms with van der Waals surface area (Å²) < 4.78 is 0. The van der Waals surface area contributed by atoms with Gasteiger partial charge in [-0.05, 0) is 244 Å². The van der Waals surface area contributed by atoms with Crippen LogP contribution in [0.5, 0.6) is 0 Å². The van der Waals surface area contributed by atoms with Gasteiger partial charge in [0, 0.05) is 22.7 Å². The lowest BCUT2D eigenvalue weighted by Gasteiger charge is -2.23. The number of rotatable bonds is 7. The summed E-state index contributed by atoms with van der Waals surface area (Å²) >= 11 is 0. The number of nitrogens with two attached hydrogens (primary N) is 1. The second kappa shape index (κ2) is 21.4. The number of hydrogen-bond acceptors (Lipinski definition) is 13. The van der Waals surface area contributed by atoms with Crippen molar-refractivity contribution in [3.8, 4) is 67.5 Å². The first kappa shape index (κ1) is 53.5. The van der Waals surface area contributed by atoms with E-state index in [1.54, 1.807) is 45.4 Å². The Kier molecular flexibility index (Phi) is 13.9. The highest BCUT2D eigenvalue weighted by Gasteiger charge is 2.43. The summed E-state index contributed by atoms with van der Waals surface area (Å²) in [5, 5.41) is 47.3. The van der Waals surface area contributed by atoms with E-state index in [9.17, 15) is 14.7 Å². The van der Waals surface area contributed by atoms with Gasteiger partial charge in [-0.2, -0.15) is 14.4 Å². The van der Waals surface area contributed by atoms with Crippen LogP contribution in [0, 0.1) is 41.5 Å². The molecule has 17 nitrogen and oxygen atoms in total. The number of tetrazole rings is 3. The summed E-state index contributed by atoms with van der Waals surface area (Å²) in [7, 11) is 5.30. The Labute approximate surface area is 475 Å². The van der Waals surface area contributed by atoms with Crippen LogP contribution in [0.25, 0.3) is 67.5 Å². The molecule has 0 bridgehead atoms. The SMILES string of the molecule is Cc1cc(-c2nnn(C)n2)cc(C)c1-c1cccc2c1CC[C@@H]2O.Cc1cc(-c2nnn(C)n2)cc(C)c1-c1cccc2c1CC[C@H]2N.Cc1cc(-c2nnn(C)n2)cc(C)c1-c1cccc2c1CC[C@H]2N1C(=O)c2ccccc2C1=O. The summed E-state index contributed by atoms with van der Waals surface area (Å²) in [5.74, 6) is 1.51. The summed E-state index contributed by atoms with van der Waals surface area (Å²) in [6.45, 7) is 12.7. The van der Waals surface area contributed by atoms with Crippen LogP contribution in [0.15, 0.2) is 115 Å². The molecule has 82 heavy (non-hydrogen) atoms. The maximum Gasteiger partial charge on any atom is 0.262 e. The molecule has 0 saturated carbocycles. The average molecular weight is 1090 g/mol. The fourth-order valence-electron chi connectivity index (χ4n) is 13.2. The number of hydrogen-bond donors (Lipinski definition) is 2. The molecule has 17 heteroatoms. The maximum absolute atomic E-state index is 13.1. The quantitative estimate of drug-likeness (QED) is 0.142. The predicted molar refractivity (Wildman–Crippen MR) is 314 cm³/mol. The van der Waals surface area contributed by atoms with E-state index in [0.717, 1.165) is 83.0 Å². The van der Waals surface area contributed by atoms with Gasteiger partial charge in [0.2, 0.25) is 17.5 Å². The lowest BCUT2D eigenvalue weighted by Crippen LogP contribution is -2.33. The van der Waals surface area contributed by atoms with Crippen molar-refractivity contribution in [3.05, 3.63) is 193 Å². The number of benzene rings is 7. The second-order valence-electron chi connectivity index (χ2n) is 22.2. The lowest BCUT2D eigenvalue weighted by atomic mass is 9.89. The van der Waals surface area contributed by atoms with Gasteiger partial charge in [0.25, 0.3) is 11.8 Å². The number of nitrogens with zero attached hydrogens (tertiary/aromatic N) is 13. The van der Waals surface area contributed by atoms with E-state index in [2.05, 4.69) is 161 Å². The molecule has 14 rings (SSSR count). The molecule has 0 saturated heterocycles. The first-order valence-corrected chi connectivity index (χ1v) is 27.9. The van der Waals surface area contributed by atoms with Crippen molar-refractivity contribution in [2.24, 2.45) is 26.9 Å². The molecule has 3 aliphatic carbocycles. The van der Waals surface area contributed by atoms with Gasteiger partial charge in [0.1, 0.15) is 0 Å². The number of imide groups is 1. The molecule has 0 spiro atoms. The molecule has 0 fully saturated rings. The summed E-state index contributed by atoms with van der Waals surface area (Å²) in [6, 6.07) is 38.7. The first-order valence-electron chi connectivity index (χ1n) is 27.9. The summed E-state index contributed by atoms with van der Waals surface area (Å²) in [6.07, 6.45) is 5.05. The van der Waals surface area contributed by atoms with Crippen molar-refractivity contribution in [2.75, 3.05) is 0 Å².